The van der Waals surface area contributed by atoms with E-state index in [-0.39, 0.29) is 5.56 Å². The molecule has 0 unspecified atom stereocenters. The van der Waals surface area contributed by atoms with Crippen molar-refractivity contribution in [3.8, 4) is 17.2 Å². The van der Waals surface area contributed by atoms with Gasteiger partial charge >= 0.3 is 0 Å². The van der Waals surface area contributed by atoms with E-state index >= 15 is 0 Å². The Morgan fingerprint density at radius 2 is 2.06 bits per heavy atom. The van der Waals surface area contributed by atoms with E-state index < -0.39 is 5.56 Å². The van der Waals surface area contributed by atoms with E-state index in [9.17, 15) is 4.79 Å². The molecule has 0 amide bonds. The van der Waals surface area contributed by atoms with Gasteiger partial charge in [-0.2, -0.15) is 5.26 Å². The molecule has 0 saturated carbocycles. The van der Waals surface area contributed by atoms with Gasteiger partial charge in [-0.25, -0.2) is 0 Å². The quantitative estimate of drug-likeness (QED) is 0.871. The van der Waals surface area contributed by atoms with Gasteiger partial charge in [-0.1, -0.05) is 27.5 Å². The highest BCUT2D eigenvalue weighted by molar-refractivity contribution is 9.10. The molecule has 0 atom stereocenters. The molecule has 0 saturated heterocycles. The third-order valence-corrected chi connectivity index (χ3v) is 3.32. The molecule has 0 aliphatic heterocycles. The molecule has 0 radical (unpaired) electrons. The lowest BCUT2D eigenvalue weighted by Gasteiger charge is -2.08. The van der Waals surface area contributed by atoms with E-state index in [1.807, 2.05) is 6.07 Å². The first kappa shape index (κ1) is 12.9. The number of rotatable bonds is 1. The molecule has 2 aromatic rings. The minimum atomic E-state index is -0.399. The second-order valence-corrected chi connectivity index (χ2v) is 5.13. The molecule has 5 heteroatoms. The van der Waals surface area contributed by atoms with Crippen LogP contribution in [0.2, 0.25) is 5.02 Å². The van der Waals surface area contributed by atoms with Crippen molar-refractivity contribution < 1.29 is 0 Å². The predicted molar refractivity (Wildman–Crippen MR) is 74.7 cm³/mol. The second-order valence-electron chi connectivity index (χ2n) is 3.81. The molecule has 0 aliphatic carbocycles. The van der Waals surface area contributed by atoms with Gasteiger partial charge < -0.3 is 4.98 Å². The van der Waals surface area contributed by atoms with Gasteiger partial charge in [0, 0.05) is 26.3 Å². The summed E-state index contributed by atoms with van der Waals surface area (Å²) in [5.74, 6) is 0. The first-order chi connectivity index (χ1) is 8.52. The Kier molecular flexibility index (Phi) is 3.55. The maximum absolute atomic E-state index is 11.7. The van der Waals surface area contributed by atoms with Crippen LogP contribution in [-0.4, -0.2) is 4.98 Å². The van der Waals surface area contributed by atoms with Crippen LogP contribution >= 0.6 is 27.5 Å². The van der Waals surface area contributed by atoms with Gasteiger partial charge in [-0.05, 0) is 31.2 Å². The number of pyridine rings is 1. The molecular weight excluding hydrogens is 316 g/mol. The van der Waals surface area contributed by atoms with E-state index in [0.29, 0.717) is 21.8 Å². The van der Waals surface area contributed by atoms with E-state index in [1.165, 1.54) is 0 Å². The zero-order valence-corrected chi connectivity index (χ0v) is 11.8. The summed E-state index contributed by atoms with van der Waals surface area (Å²) >= 11 is 9.47. The average Bonchev–Trinajstić information content (AvgIpc) is 2.31. The SMILES string of the molecule is Cc1cc(-c2cc(Br)ccc2Cl)c(C#N)c(=O)[nH]1. The van der Waals surface area contributed by atoms with Crippen LogP contribution < -0.4 is 5.56 Å². The Hall–Kier alpha value is -1.57. The van der Waals surface area contributed by atoms with Gasteiger partial charge in [-0.3, -0.25) is 4.79 Å². The zero-order valence-electron chi connectivity index (χ0n) is 9.42. The van der Waals surface area contributed by atoms with Crippen molar-refractivity contribution in [1.29, 1.82) is 5.26 Å². The molecule has 1 aromatic heterocycles. The van der Waals surface area contributed by atoms with E-state index in [2.05, 4.69) is 20.9 Å². The van der Waals surface area contributed by atoms with Crippen molar-refractivity contribution in [2.45, 2.75) is 6.92 Å². The van der Waals surface area contributed by atoms with E-state index in [0.717, 1.165) is 4.47 Å². The van der Waals surface area contributed by atoms with Crippen molar-refractivity contribution >= 4 is 27.5 Å². The first-order valence-electron chi connectivity index (χ1n) is 5.12. The van der Waals surface area contributed by atoms with Gasteiger partial charge in [0.25, 0.3) is 5.56 Å². The molecule has 1 aromatic carbocycles. The highest BCUT2D eigenvalue weighted by Crippen LogP contribution is 2.31. The lowest BCUT2D eigenvalue weighted by atomic mass is 10.0. The number of nitrogens with one attached hydrogen (secondary N) is 1. The Bertz CT molecular complexity index is 716. The number of nitriles is 1. The molecule has 1 N–H and O–H groups in total. The summed E-state index contributed by atoms with van der Waals surface area (Å²) in [5.41, 5.74) is 1.57. The average molecular weight is 324 g/mol. The lowest BCUT2D eigenvalue weighted by Crippen LogP contribution is -2.12. The van der Waals surface area contributed by atoms with Gasteiger partial charge in [0.2, 0.25) is 0 Å². The predicted octanol–water partition coefficient (Wildman–Crippen LogP) is 3.64. The number of nitrogens with zero attached hydrogens (tertiary/aromatic N) is 1. The van der Waals surface area contributed by atoms with Gasteiger partial charge in [-0.15, -0.1) is 0 Å². The van der Waals surface area contributed by atoms with Crippen molar-refractivity contribution in [3.05, 3.63) is 55.4 Å². The molecule has 0 bridgehead atoms. The van der Waals surface area contributed by atoms with Crippen LogP contribution in [-0.2, 0) is 0 Å². The maximum Gasteiger partial charge on any atom is 0.266 e. The van der Waals surface area contributed by atoms with Gasteiger partial charge in [0.05, 0.1) is 0 Å². The largest absolute Gasteiger partial charge is 0.325 e. The number of aromatic nitrogens is 1. The monoisotopic (exact) mass is 322 g/mol. The molecule has 0 aliphatic rings. The van der Waals surface area contributed by atoms with Crippen LogP contribution in [0.5, 0.6) is 0 Å². The topological polar surface area (TPSA) is 56.6 Å². The normalized spacial score (nSPS) is 10.1. The molecule has 3 nitrogen and oxygen atoms in total. The fourth-order valence-corrected chi connectivity index (χ4v) is 2.30. The number of H-pyrrole nitrogens is 1. The summed E-state index contributed by atoms with van der Waals surface area (Å²) < 4.78 is 0.837. The van der Waals surface area contributed by atoms with Crippen molar-refractivity contribution in [3.63, 3.8) is 0 Å². The third kappa shape index (κ3) is 2.33. The van der Waals surface area contributed by atoms with E-state index in [1.54, 1.807) is 31.2 Å². The van der Waals surface area contributed by atoms with Gasteiger partial charge in [0.15, 0.2) is 0 Å². The Balaban J connectivity index is 2.83. The summed E-state index contributed by atoms with van der Waals surface area (Å²) in [7, 11) is 0. The van der Waals surface area contributed by atoms with Crippen LogP contribution in [0.1, 0.15) is 11.3 Å². The molecule has 0 fully saturated rings. The molecule has 2 rings (SSSR count). The number of hydrogen-bond donors (Lipinski definition) is 1. The maximum atomic E-state index is 11.7. The molecule has 1 heterocycles. The second kappa shape index (κ2) is 4.97. The smallest absolute Gasteiger partial charge is 0.266 e. The van der Waals surface area contributed by atoms with E-state index in [4.69, 9.17) is 16.9 Å². The zero-order chi connectivity index (χ0) is 13.3. The third-order valence-electron chi connectivity index (χ3n) is 2.50. The van der Waals surface area contributed by atoms with Crippen molar-refractivity contribution in [2.75, 3.05) is 0 Å². The number of hydrogen-bond acceptors (Lipinski definition) is 2. The van der Waals surface area contributed by atoms with Crippen LogP contribution in [0.4, 0.5) is 0 Å². The molecule has 90 valence electrons. The van der Waals surface area contributed by atoms with Crippen LogP contribution in [0.15, 0.2) is 33.5 Å². The summed E-state index contributed by atoms with van der Waals surface area (Å²) in [6, 6.07) is 8.98. The van der Waals surface area contributed by atoms with Crippen LogP contribution in [0.3, 0.4) is 0 Å². The Labute approximate surface area is 117 Å². The Morgan fingerprint density at radius 3 is 2.72 bits per heavy atom. The molecule has 18 heavy (non-hydrogen) atoms. The van der Waals surface area contributed by atoms with Crippen LogP contribution in [0, 0.1) is 18.3 Å². The number of aromatic amines is 1. The standard InChI is InChI=1S/C13H8BrClN2O/c1-7-4-9(11(6-16)13(18)17-7)10-5-8(14)2-3-12(10)15/h2-5H,1H3,(H,17,18). The minimum Gasteiger partial charge on any atom is -0.325 e. The van der Waals surface area contributed by atoms with Gasteiger partial charge in [0.1, 0.15) is 11.6 Å². The summed E-state index contributed by atoms with van der Waals surface area (Å²) in [6.07, 6.45) is 0. The first-order valence-corrected chi connectivity index (χ1v) is 6.29. The summed E-state index contributed by atoms with van der Waals surface area (Å²) in [5, 5.41) is 9.59. The summed E-state index contributed by atoms with van der Waals surface area (Å²) in [6.45, 7) is 1.76. The highest BCUT2D eigenvalue weighted by Gasteiger charge is 2.13. The fraction of sp³-hybridized carbons (Fsp3) is 0.0769. The number of aryl methyl sites for hydroxylation is 1. The number of halogens is 2. The fourth-order valence-electron chi connectivity index (χ4n) is 1.72. The van der Waals surface area contributed by atoms with Crippen LogP contribution in [0.25, 0.3) is 11.1 Å². The minimum absolute atomic E-state index is 0.0700. The van der Waals surface area contributed by atoms with Crippen molar-refractivity contribution in [1.82, 2.24) is 4.98 Å². The Morgan fingerprint density at radius 1 is 1.33 bits per heavy atom. The summed E-state index contributed by atoms with van der Waals surface area (Å²) in [4.78, 5) is 14.3. The highest BCUT2D eigenvalue weighted by atomic mass is 79.9. The lowest BCUT2D eigenvalue weighted by molar-refractivity contribution is 1.13. The molecule has 0 spiro atoms. The van der Waals surface area contributed by atoms with Crippen molar-refractivity contribution in [2.24, 2.45) is 0 Å². The molecular formula is C13H8BrClN2O. The number of benzene rings is 1.